The molecule has 14 atom stereocenters. The number of hydrogen-bond donors (Lipinski definition) is 17. The minimum absolute atomic E-state index is 0.0459. The molecule has 0 aliphatic carbocycles. The van der Waals surface area contributed by atoms with Crippen LogP contribution in [0.25, 0.3) is 0 Å². The fourth-order valence-electron chi connectivity index (χ4n) is 8.80. The summed E-state index contributed by atoms with van der Waals surface area (Å²) in [4.78, 5) is 151. The number of nitrogens with two attached hydrogens (primary N) is 5. The second-order valence-electron chi connectivity index (χ2n) is 20.4. The molecule has 28 heteroatoms. The van der Waals surface area contributed by atoms with E-state index in [0.29, 0.717) is 6.42 Å². The normalized spacial score (nSPS) is 24.3. The lowest BCUT2D eigenvalue weighted by atomic mass is 9.91. The number of carbonyl (C=O) groups excluding carboxylic acids is 11. The minimum atomic E-state index is -1.80. The third kappa shape index (κ3) is 25.6. The molecule has 1 aliphatic rings. The summed E-state index contributed by atoms with van der Waals surface area (Å²) in [6.45, 7) is 5.63. The highest BCUT2D eigenvalue weighted by molar-refractivity contribution is 5.99. The van der Waals surface area contributed by atoms with Crippen molar-refractivity contribution in [3.05, 3.63) is 0 Å². The topological polar surface area (TPSA) is 495 Å². The summed E-state index contributed by atoms with van der Waals surface area (Å²) in [5.74, 6) is -13.5. The smallest absolute Gasteiger partial charge is 0.245 e. The molecular formula is C51H93N13O15. The molecule has 1 saturated heterocycles. The highest BCUT2D eigenvalue weighted by Crippen LogP contribution is 2.19. The van der Waals surface area contributed by atoms with Gasteiger partial charge in [0.05, 0.1) is 36.4 Å². The fraction of sp³-hybridized carbons (Fsp3) is 0.784. The average molecular weight is 1130 g/mol. The predicted octanol–water partition coefficient (Wildman–Crippen LogP) is -5.75. The largest absolute Gasteiger partial charge is 0.393 e. The van der Waals surface area contributed by atoms with Gasteiger partial charge in [-0.05, 0) is 105 Å². The fourth-order valence-corrected chi connectivity index (χ4v) is 8.80. The first kappa shape index (κ1) is 71.4. The maximum Gasteiger partial charge on any atom is 0.245 e. The van der Waals surface area contributed by atoms with Crippen molar-refractivity contribution in [1.82, 2.24) is 42.5 Å². The predicted molar refractivity (Wildman–Crippen MR) is 289 cm³/mol. The van der Waals surface area contributed by atoms with Crippen molar-refractivity contribution in [3.8, 4) is 0 Å². The Morgan fingerprint density at radius 2 is 1.06 bits per heavy atom. The van der Waals surface area contributed by atoms with E-state index in [2.05, 4.69) is 49.5 Å². The van der Waals surface area contributed by atoms with E-state index < -0.39 is 169 Å². The summed E-state index contributed by atoms with van der Waals surface area (Å²) in [6.07, 6.45) is -4.26. The van der Waals surface area contributed by atoms with E-state index in [9.17, 15) is 73.2 Å². The average Bonchev–Trinajstić information content (AvgIpc) is 3.37. The van der Waals surface area contributed by atoms with Gasteiger partial charge in [0.25, 0.3) is 0 Å². The maximum atomic E-state index is 14.3. The van der Waals surface area contributed by atoms with Gasteiger partial charge < -0.3 is 91.6 Å². The van der Waals surface area contributed by atoms with Crippen molar-refractivity contribution < 1.29 is 73.2 Å². The molecule has 22 N–H and O–H groups in total. The zero-order valence-electron chi connectivity index (χ0n) is 46.6. The zero-order chi connectivity index (χ0) is 59.9. The highest BCUT2D eigenvalue weighted by atomic mass is 16.3. The van der Waals surface area contributed by atoms with Gasteiger partial charge in [0.15, 0.2) is 11.6 Å². The Kier molecular flexibility index (Phi) is 34.5. The van der Waals surface area contributed by atoms with Gasteiger partial charge in [0.1, 0.15) is 42.0 Å². The number of nitrogens with one attached hydrogen (secondary N) is 8. The highest BCUT2D eigenvalue weighted by Gasteiger charge is 2.39. The molecule has 0 unspecified atom stereocenters. The number of amides is 8. The number of hydrogen-bond acceptors (Lipinski definition) is 20. The molecule has 1 rings (SSSR count). The van der Waals surface area contributed by atoms with Crippen LogP contribution in [0.15, 0.2) is 0 Å². The van der Waals surface area contributed by atoms with Gasteiger partial charge in [-0.2, -0.15) is 0 Å². The zero-order valence-corrected chi connectivity index (χ0v) is 46.6. The van der Waals surface area contributed by atoms with Gasteiger partial charge in [-0.15, -0.1) is 0 Å². The molecular weight excluding hydrogens is 1030 g/mol. The van der Waals surface area contributed by atoms with Gasteiger partial charge in [-0.25, -0.2) is 0 Å². The molecule has 0 aromatic rings. The Morgan fingerprint density at radius 1 is 0.570 bits per heavy atom. The SMILES string of the molecule is CCCCCCCC(=O)C[C@@H](CCN)C(=O)N[C@H](C(=O)C[C@H](CCN)C(=O)N[C@H]1CCNC(=O)[C@H]([C@@H](C)O)NC(=O)[C@H](CCN)NC(=O)[C@H](CCN)NC(=O)[C@H]([C@@H](C)O)NC(=O)[C@H]([C@@H](C)O)CC(=O)[C@H](CCN)NC1=O)[C@@H](C)O. The third-order valence-corrected chi connectivity index (χ3v) is 13.5. The van der Waals surface area contributed by atoms with Gasteiger partial charge in [-0.1, -0.05) is 32.6 Å². The van der Waals surface area contributed by atoms with E-state index in [-0.39, 0.29) is 83.5 Å². The Bertz CT molecular complexity index is 1990. The molecule has 0 aromatic carbocycles. The number of Topliss-reactive ketones (excluding diaryl/α,β-unsaturated/α-hetero) is 3. The standard InChI is InChI=1S/C51H93N13O15/c1-6-7-8-9-10-11-33(69)24-31(12-18-52)45(73)62-41(28(3)66)40(71)25-32(13-19-53)44(72)59-38-17-23-57-50(78)42(29(4)67)64-49(77)37(16-22-56)60-47(75)36(15-21-55)61-51(79)43(30(5)68)63-46(74)34(27(2)65)26-39(70)35(14-20-54)58-48(38)76/h27-32,34-38,41-43,65-68H,6-26,52-56H2,1-5H3,(H,57,78)(H,58,76)(H,59,72)(H,60,75)(H,61,79)(H,62,73)(H,63,74)(H,64,77)/t27-,28-,29-,30-,31-,32+,34+,35+,36+,37+,38+,41+,42+,43+/m1/s1. The summed E-state index contributed by atoms with van der Waals surface area (Å²) in [6, 6.07) is -11.1. The van der Waals surface area contributed by atoms with Crippen molar-refractivity contribution in [3.63, 3.8) is 0 Å². The van der Waals surface area contributed by atoms with Crippen LogP contribution in [-0.4, -0.2) is 191 Å². The number of carbonyl (C=O) groups is 11. The van der Waals surface area contributed by atoms with E-state index >= 15 is 0 Å². The van der Waals surface area contributed by atoms with Crippen LogP contribution in [0.3, 0.4) is 0 Å². The second-order valence-corrected chi connectivity index (χ2v) is 20.4. The van der Waals surface area contributed by atoms with Gasteiger partial charge >= 0.3 is 0 Å². The first-order chi connectivity index (χ1) is 37.3. The van der Waals surface area contributed by atoms with Crippen molar-refractivity contribution in [2.45, 2.75) is 198 Å². The number of aliphatic hydroxyl groups is 4. The lowest BCUT2D eigenvalue weighted by molar-refractivity contribution is -0.139. The number of rotatable bonds is 29. The minimum Gasteiger partial charge on any atom is -0.393 e. The van der Waals surface area contributed by atoms with Crippen molar-refractivity contribution in [2.75, 3.05) is 39.3 Å². The van der Waals surface area contributed by atoms with E-state index in [4.69, 9.17) is 28.7 Å². The number of ketones is 3. The molecule has 1 heterocycles. The molecule has 8 amide bonds. The molecule has 0 aromatic heterocycles. The van der Waals surface area contributed by atoms with Crippen LogP contribution in [0.2, 0.25) is 0 Å². The van der Waals surface area contributed by atoms with Gasteiger partial charge in [-0.3, -0.25) is 52.7 Å². The van der Waals surface area contributed by atoms with Crippen molar-refractivity contribution in [2.24, 2.45) is 46.4 Å². The van der Waals surface area contributed by atoms with Crippen LogP contribution in [0, 0.1) is 17.8 Å². The van der Waals surface area contributed by atoms with E-state index in [0.717, 1.165) is 32.6 Å². The number of aliphatic hydroxyl groups excluding tert-OH is 4. The molecule has 1 aliphatic heterocycles. The molecule has 0 saturated carbocycles. The molecule has 28 nitrogen and oxygen atoms in total. The quantitative estimate of drug-likeness (QED) is 0.0310. The molecule has 79 heavy (non-hydrogen) atoms. The molecule has 0 bridgehead atoms. The van der Waals surface area contributed by atoms with Crippen LogP contribution in [-0.2, 0) is 52.7 Å². The first-order valence-corrected chi connectivity index (χ1v) is 27.5. The monoisotopic (exact) mass is 1130 g/mol. The molecule has 1 fully saturated rings. The Hall–Kier alpha value is -5.59. The molecule has 0 spiro atoms. The number of unbranched alkanes of at least 4 members (excludes halogenated alkanes) is 4. The Morgan fingerprint density at radius 3 is 1.58 bits per heavy atom. The van der Waals surface area contributed by atoms with E-state index in [1.54, 1.807) is 0 Å². The van der Waals surface area contributed by atoms with Crippen molar-refractivity contribution >= 4 is 64.6 Å². The maximum absolute atomic E-state index is 14.3. The van der Waals surface area contributed by atoms with Crippen molar-refractivity contribution in [1.29, 1.82) is 0 Å². The summed E-state index contributed by atoms with van der Waals surface area (Å²) in [5.41, 5.74) is 29.0. The van der Waals surface area contributed by atoms with Gasteiger partial charge in [0.2, 0.25) is 47.3 Å². The third-order valence-electron chi connectivity index (χ3n) is 13.5. The summed E-state index contributed by atoms with van der Waals surface area (Å²) >= 11 is 0. The van der Waals surface area contributed by atoms with Crippen LogP contribution >= 0.6 is 0 Å². The summed E-state index contributed by atoms with van der Waals surface area (Å²) < 4.78 is 0. The molecule has 0 radical (unpaired) electrons. The van der Waals surface area contributed by atoms with Crippen LogP contribution in [0.1, 0.15) is 131 Å². The van der Waals surface area contributed by atoms with E-state index in [1.165, 1.54) is 20.8 Å². The Labute approximate surface area is 462 Å². The van der Waals surface area contributed by atoms with Crippen LogP contribution in [0.5, 0.6) is 0 Å². The van der Waals surface area contributed by atoms with Crippen LogP contribution < -0.4 is 71.2 Å². The Balaban J connectivity index is 3.77. The van der Waals surface area contributed by atoms with Gasteiger partial charge in [0, 0.05) is 44.1 Å². The summed E-state index contributed by atoms with van der Waals surface area (Å²) in [5, 5.41) is 62.4. The second kappa shape index (κ2) is 38.1. The lowest BCUT2D eigenvalue weighted by Gasteiger charge is -2.28. The molecule has 452 valence electrons. The first-order valence-electron chi connectivity index (χ1n) is 27.5. The van der Waals surface area contributed by atoms with Crippen LogP contribution in [0.4, 0.5) is 0 Å². The summed E-state index contributed by atoms with van der Waals surface area (Å²) in [7, 11) is 0. The van der Waals surface area contributed by atoms with E-state index in [1.807, 2.05) is 0 Å². The lowest BCUT2D eigenvalue weighted by Crippen LogP contribution is -2.61.